The molecule has 0 aliphatic carbocycles. The molecule has 3 aromatic rings. The van der Waals surface area contributed by atoms with Gasteiger partial charge in [-0.2, -0.15) is 5.26 Å². The number of aryl methyl sites for hydroxylation is 1. The molecule has 0 atom stereocenters. The molecule has 0 aliphatic heterocycles. The minimum absolute atomic E-state index is 0.126. The van der Waals surface area contributed by atoms with Gasteiger partial charge in [0.25, 0.3) is 5.91 Å². The Morgan fingerprint density at radius 3 is 2.47 bits per heavy atom. The molecule has 8 heteroatoms. The van der Waals surface area contributed by atoms with Crippen LogP contribution in [0.4, 0.5) is 5.69 Å². The number of halogens is 3. The highest BCUT2D eigenvalue weighted by atomic mass is 79.9. The van der Waals surface area contributed by atoms with Crippen LogP contribution < -0.4 is 14.8 Å². The van der Waals surface area contributed by atoms with Crippen LogP contribution in [-0.4, -0.2) is 12.5 Å². The third-order valence-corrected chi connectivity index (χ3v) is 5.89. The number of nitrogens with one attached hydrogen (secondary N) is 1. The fourth-order valence-corrected chi connectivity index (χ4v) is 4.21. The van der Waals surface area contributed by atoms with Crippen molar-refractivity contribution in [1.29, 1.82) is 5.26 Å². The smallest absolute Gasteiger partial charge is 0.266 e. The number of hydrogen-bond donors (Lipinski definition) is 1. The third-order valence-electron chi connectivity index (χ3n) is 4.67. The molecule has 1 amide bonds. The van der Waals surface area contributed by atoms with Gasteiger partial charge < -0.3 is 14.8 Å². The van der Waals surface area contributed by atoms with Crippen LogP contribution in [0.3, 0.4) is 0 Å². The zero-order valence-electron chi connectivity index (χ0n) is 18.5. The summed E-state index contributed by atoms with van der Waals surface area (Å²) in [7, 11) is 0. The summed E-state index contributed by atoms with van der Waals surface area (Å²) in [6.07, 6.45) is 1.46. The minimum Gasteiger partial charge on any atom is -0.490 e. The van der Waals surface area contributed by atoms with E-state index in [1.807, 2.05) is 38.1 Å². The van der Waals surface area contributed by atoms with Crippen LogP contribution >= 0.6 is 39.1 Å². The normalized spacial score (nSPS) is 11.0. The van der Waals surface area contributed by atoms with Crippen LogP contribution in [0.1, 0.15) is 23.6 Å². The van der Waals surface area contributed by atoms with E-state index in [0.29, 0.717) is 34.7 Å². The Hall–Kier alpha value is -2.98. The highest BCUT2D eigenvalue weighted by molar-refractivity contribution is 9.10. The maximum absolute atomic E-state index is 12.7. The first-order chi connectivity index (χ1) is 16.3. The van der Waals surface area contributed by atoms with Gasteiger partial charge in [0.2, 0.25) is 0 Å². The second-order valence-electron chi connectivity index (χ2n) is 7.26. The zero-order chi connectivity index (χ0) is 24.7. The van der Waals surface area contributed by atoms with Crippen molar-refractivity contribution in [3.05, 3.63) is 91.4 Å². The van der Waals surface area contributed by atoms with Gasteiger partial charge in [-0.1, -0.05) is 59.1 Å². The Bertz CT molecular complexity index is 1270. The number of benzene rings is 3. The molecule has 5 nitrogen and oxygen atoms in total. The van der Waals surface area contributed by atoms with Gasteiger partial charge in [-0.05, 0) is 71.2 Å². The number of para-hydroxylation sites is 1. The van der Waals surface area contributed by atoms with Crippen molar-refractivity contribution in [3.63, 3.8) is 0 Å². The van der Waals surface area contributed by atoms with Crippen LogP contribution in [-0.2, 0) is 11.4 Å². The molecule has 3 aromatic carbocycles. The quantitative estimate of drug-likeness (QED) is 0.228. The first-order valence-corrected chi connectivity index (χ1v) is 11.9. The largest absolute Gasteiger partial charge is 0.490 e. The standard InChI is InChI=1S/C26H21BrCl2N2O3/c1-3-33-23-13-18(12-20(27)25(23)34-15-17-7-4-6-16(2)10-17)11-19(14-30)26(32)31-24-21(28)8-5-9-22(24)29/h4-13H,3,15H2,1-2H3,(H,31,32)/b19-11+. The van der Waals surface area contributed by atoms with Crippen LogP contribution in [0.2, 0.25) is 10.0 Å². The van der Waals surface area contributed by atoms with Gasteiger partial charge in [0.05, 0.1) is 26.8 Å². The van der Waals surface area contributed by atoms with Crippen LogP contribution in [0.5, 0.6) is 11.5 Å². The van der Waals surface area contributed by atoms with E-state index in [-0.39, 0.29) is 21.3 Å². The number of anilines is 1. The fourth-order valence-electron chi connectivity index (χ4n) is 3.15. The van der Waals surface area contributed by atoms with E-state index in [4.69, 9.17) is 32.7 Å². The average Bonchev–Trinajstić information content (AvgIpc) is 2.79. The van der Waals surface area contributed by atoms with Gasteiger partial charge in [-0.3, -0.25) is 4.79 Å². The Kier molecular flexibility index (Phi) is 9.00. The maximum atomic E-state index is 12.7. The molecule has 0 bridgehead atoms. The first kappa shape index (κ1) is 25.6. The number of nitrogens with zero attached hydrogens (tertiary/aromatic N) is 1. The molecule has 1 N–H and O–H groups in total. The molecule has 0 spiro atoms. The summed E-state index contributed by atoms with van der Waals surface area (Å²) in [4.78, 5) is 12.7. The summed E-state index contributed by atoms with van der Waals surface area (Å²) in [5, 5.41) is 12.7. The van der Waals surface area contributed by atoms with E-state index in [9.17, 15) is 10.1 Å². The highest BCUT2D eigenvalue weighted by Crippen LogP contribution is 2.38. The van der Waals surface area contributed by atoms with E-state index < -0.39 is 5.91 Å². The van der Waals surface area contributed by atoms with Crippen molar-refractivity contribution < 1.29 is 14.3 Å². The van der Waals surface area contributed by atoms with Crippen LogP contribution in [0.15, 0.2) is 64.6 Å². The fraction of sp³-hybridized carbons (Fsp3) is 0.154. The number of carbonyl (C=O) groups is 1. The zero-order valence-corrected chi connectivity index (χ0v) is 21.6. The molecule has 34 heavy (non-hydrogen) atoms. The Labute approximate surface area is 217 Å². The van der Waals surface area contributed by atoms with Gasteiger partial charge in [0.1, 0.15) is 18.2 Å². The topological polar surface area (TPSA) is 71.3 Å². The summed E-state index contributed by atoms with van der Waals surface area (Å²) in [6.45, 7) is 4.66. The number of amides is 1. The lowest BCUT2D eigenvalue weighted by molar-refractivity contribution is -0.112. The van der Waals surface area contributed by atoms with E-state index >= 15 is 0 Å². The SMILES string of the molecule is CCOc1cc(/C=C(\C#N)C(=O)Nc2c(Cl)cccc2Cl)cc(Br)c1OCc1cccc(C)c1. The van der Waals surface area contributed by atoms with Crippen molar-refractivity contribution in [2.75, 3.05) is 11.9 Å². The predicted octanol–water partition coefficient (Wildman–Crippen LogP) is 7.59. The first-order valence-electron chi connectivity index (χ1n) is 10.3. The summed E-state index contributed by atoms with van der Waals surface area (Å²) < 4.78 is 12.4. The predicted molar refractivity (Wildman–Crippen MR) is 140 cm³/mol. The monoisotopic (exact) mass is 558 g/mol. The van der Waals surface area contributed by atoms with E-state index in [2.05, 4.69) is 27.3 Å². The lowest BCUT2D eigenvalue weighted by Crippen LogP contribution is -2.14. The van der Waals surface area contributed by atoms with E-state index in [1.165, 1.54) is 6.08 Å². The molecule has 0 saturated heterocycles. The second kappa shape index (κ2) is 11.9. The minimum atomic E-state index is -0.633. The van der Waals surface area contributed by atoms with Gasteiger partial charge in [-0.25, -0.2) is 0 Å². The summed E-state index contributed by atoms with van der Waals surface area (Å²) >= 11 is 15.8. The molecule has 174 valence electrons. The number of nitriles is 1. The lowest BCUT2D eigenvalue weighted by Gasteiger charge is -2.15. The molecule has 0 unspecified atom stereocenters. The highest BCUT2D eigenvalue weighted by Gasteiger charge is 2.16. The van der Waals surface area contributed by atoms with Gasteiger partial charge in [0, 0.05) is 0 Å². The van der Waals surface area contributed by atoms with E-state index in [0.717, 1.165) is 11.1 Å². The third kappa shape index (κ3) is 6.54. The van der Waals surface area contributed by atoms with E-state index in [1.54, 1.807) is 30.3 Å². The molecule has 0 fully saturated rings. The summed E-state index contributed by atoms with van der Waals surface area (Å²) in [5.41, 5.74) is 2.87. The number of rotatable bonds is 8. The van der Waals surface area contributed by atoms with Crippen molar-refractivity contribution in [2.45, 2.75) is 20.5 Å². The van der Waals surface area contributed by atoms with Crippen molar-refractivity contribution in [2.24, 2.45) is 0 Å². The summed E-state index contributed by atoms with van der Waals surface area (Å²) in [6, 6.07) is 18.3. The van der Waals surface area contributed by atoms with Crippen molar-refractivity contribution in [3.8, 4) is 17.6 Å². The molecule has 3 rings (SSSR count). The molecular weight excluding hydrogens is 539 g/mol. The molecule has 0 heterocycles. The molecular formula is C26H21BrCl2N2O3. The maximum Gasteiger partial charge on any atom is 0.266 e. The van der Waals surface area contributed by atoms with Gasteiger partial charge in [0.15, 0.2) is 11.5 Å². The van der Waals surface area contributed by atoms with Gasteiger partial charge in [-0.15, -0.1) is 0 Å². The number of carbonyl (C=O) groups excluding carboxylic acids is 1. The Balaban J connectivity index is 1.87. The molecule has 0 saturated carbocycles. The Morgan fingerprint density at radius 1 is 1.12 bits per heavy atom. The molecule has 0 aromatic heterocycles. The van der Waals surface area contributed by atoms with Crippen molar-refractivity contribution >= 4 is 56.8 Å². The lowest BCUT2D eigenvalue weighted by atomic mass is 10.1. The molecule has 0 radical (unpaired) electrons. The van der Waals surface area contributed by atoms with Crippen LogP contribution in [0.25, 0.3) is 6.08 Å². The van der Waals surface area contributed by atoms with Crippen molar-refractivity contribution in [1.82, 2.24) is 0 Å². The molecule has 0 aliphatic rings. The average molecular weight is 560 g/mol. The number of ether oxygens (including phenoxy) is 2. The second-order valence-corrected chi connectivity index (χ2v) is 8.93. The van der Waals surface area contributed by atoms with Gasteiger partial charge >= 0.3 is 0 Å². The summed E-state index contributed by atoms with van der Waals surface area (Å²) in [5.74, 6) is 0.389. The number of hydrogen-bond acceptors (Lipinski definition) is 4. The van der Waals surface area contributed by atoms with Crippen LogP contribution in [0, 0.1) is 18.3 Å². The Morgan fingerprint density at radius 2 is 1.82 bits per heavy atom.